The van der Waals surface area contributed by atoms with Crippen LogP contribution in [0.3, 0.4) is 0 Å². The summed E-state index contributed by atoms with van der Waals surface area (Å²) in [5.74, 6) is 1.65. The summed E-state index contributed by atoms with van der Waals surface area (Å²) >= 11 is 7.48. The predicted octanol–water partition coefficient (Wildman–Crippen LogP) is 17.2. The van der Waals surface area contributed by atoms with Crippen molar-refractivity contribution in [3.63, 3.8) is 0 Å². The number of fused-ring (bicyclic) bond motifs is 6. The predicted molar refractivity (Wildman–Crippen MR) is 293 cm³/mol. The summed E-state index contributed by atoms with van der Waals surface area (Å²) in [5, 5.41) is 0. The summed E-state index contributed by atoms with van der Waals surface area (Å²) in [6.45, 7) is 1.39. The van der Waals surface area contributed by atoms with E-state index in [-0.39, 0.29) is 10.8 Å². The van der Waals surface area contributed by atoms with Crippen molar-refractivity contribution in [1.29, 1.82) is 0 Å². The fourth-order valence-electron chi connectivity index (χ4n) is 10.9. The summed E-state index contributed by atoms with van der Waals surface area (Å²) in [5.41, 5.74) is 14.9. The normalized spacial score (nSPS) is 15.9. The molecule has 0 bridgehead atoms. The SMILES string of the molecule is O=Cc1ccc(OCCCCCCC2(c3ccccc3)c3ccccc3-c3ccc(Br)cc32)cc1.O=Cc1ccc(OCCCCCCC2(c3ccccc3)c3ccccc3-c3ccc(Br)cc32)cc1. The number of benzene rings is 8. The Labute approximate surface area is 430 Å². The zero-order valence-electron chi connectivity index (χ0n) is 39.5. The van der Waals surface area contributed by atoms with Crippen molar-refractivity contribution in [3.05, 3.63) is 248 Å². The zero-order valence-corrected chi connectivity index (χ0v) is 42.7. The molecule has 0 saturated carbocycles. The van der Waals surface area contributed by atoms with E-state index in [0.717, 1.165) is 97.2 Å². The maximum atomic E-state index is 10.8. The summed E-state index contributed by atoms with van der Waals surface area (Å²) < 4.78 is 14.0. The van der Waals surface area contributed by atoms with E-state index in [1.165, 1.54) is 55.6 Å². The van der Waals surface area contributed by atoms with Crippen molar-refractivity contribution >= 4 is 44.4 Å². The molecule has 2 aliphatic carbocycles. The van der Waals surface area contributed by atoms with Gasteiger partial charge in [0.1, 0.15) is 24.1 Å². The molecule has 10 rings (SSSR count). The molecule has 2 aliphatic rings. The summed E-state index contributed by atoms with van der Waals surface area (Å²) in [7, 11) is 0. The van der Waals surface area contributed by atoms with Crippen LogP contribution in [0.2, 0.25) is 0 Å². The van der Waals surface area contributed by atoms with Crippen LogP contribution in [0.15, 0.2) is 203 Å². The molecule has 0 saturated heterocycles. The number of unbranched alkanes of at least 4 members (excludes halogenated alkanes) is 6. The lowest BCUT2D eigenvalue weighted by Crippen LogP contribution is -2.27. The molecule has 2 atom stereocenters. The number of ether oxygens (including phenoxy) is 2. The molecule has 0 fully saturated rings. The Morgan fingerprint density at radius 2 is 0.714 bits per heavy atom. The van der Waals surface area contributed by atoms with E-state index in [9.17, 15) is 9.59 Å². The first-order valence-corrected chi connectivity index (χ1v) is 26.3. The minimum absolute atomic E-state index is 0.131. The lowest BCUT2D eigenvalue weighted by Gasteiger charge is -2.33. The van der Waals surface area contributed by atoms with Gasteiger partial charge >= 0.3 is 0 Å². The molecule has 0 aromatic heterocycles. The molecule has 0 amide bonds. The third-order valence-electron chi connectivity index (χ3n) is 14.2. The highest BCUT2D eigenvalue weighted by Crippen LogP contribution is 2.57. The van der Waals surface area contributed by atoms with Crippen LogP contribution in [-0.4, -0.2) is 25.8 Å². The number of hydrogen-bond acceptors (Lipinski definition) is 4. The summed E-state index contributed by atoms with van der Waals surface area (Å²) in [6.07, 6.45) is 12.8. The number of rotatable bonds is 20. The van der Waals surface area contributed by atoms with Crippen molar-refractivity contribution < 1.29 is 19.1 Å². The van der Waals surface area contributed by atoms with E-state index < -0.39 is 0 Å². The van der Waals surface area contributed by atoms with Gasteiger partial charge in [0.15, 0.2) is 0 Å². The highest BCUT2D eigenvalue weighted by Gasteiger charge is 2.45. The second kappa shape index (κ2) is 23.1. The summed E-state index contributed by atoms with van der Waals surface area (Å²) in [6, 6.07) is 68.0. The van der Waals surface area contributed by atoms with Gasteiger partial charge in [-0.1, -0.05) is 192 Å². The van der Waals surface area contributed by atoms with Crippen LogP contribution in [0.25, 0.3) is 22.3 Å². The van der Waals surface area contributed by atoms with Crippen LogP contribution in [0.5, 0.6) is 11.5 Å². The van der Waals surface area contributed by atoms with Crippen LogP contribution in [0.4, 0.5) is 0 Å². The minimum atomic E-state index is -0.131. The third-order valence-corrected chi connectivity index (χ3v) is 15.2. The first-order chi connectivity index (χ1) is 34.4. The Morgan fingerprint density at radius 1 is 0.357 bits per heavy atom. The van der Waals surface area contributed by atoms with E-state index in [2.05, 4.69) is 177 Å². The second-order valence-corrected chi connectivity index (χ2v) is 20.2. The van der Waals surface area contributed by atoms with Crippen LogP contribution < -0.4 is 9.47 Å². The van der Waals surface area contributed by atoms with Gasteiger partial charge in [0.05, 0.1) is 13.2 Å². The lowest BCUT2D eigenvalue weighted by molar-refractivity contribution is 0.111. The number of halogens is 2. The maximum Gasteiger partial charge on any atom is 0.150 e. The van der Waals surface area contributed by atoms with Crippen LogP contribution in [-0.2, 0) is 10.8 Å². The highest BCUT2D eigenvalue weighted by atomic mass is 79.9. The minimum Gasteiger partial charge on any atom is -0.494 e. The highest BCUT2D eigenvalue weighted by molar-refractivity contribution is 9.10. The van der Waals surface area contributed by atoms with E-state index in [0.29, 0.717) is 24.3 Å². The second-order valence-electron chi connectivity index (χ2n) is 18.4. The van der Waals surface area contributed by atoms with Crippen molar-refractivity contribution in [1.82, 2.24) is 0 Å². The molecule has 0 N–H and O–H groups in total. The topological polar surface area (TPSA) is 52.6 Å². The molecule has 8 aromatic carbocycles. The summed E-state index contributed by atoms with van der Waals surface area (Å²) in [4.78, 5) is 21.6. The number of carbonyl (C=O) groups is 2. The fraction of sp³-hybridized carbons (Fsp3) is 0.219. The average molecular weight is 1050 g/mol. The number of carbonyl (C=O) groups excluding carboxylic acids is 2. The van der Waals surface area contributed by atoms with Gasteiger partial charge in [-0.15, -0.1) is 0 Å². The van der Waals surface area contributed by atoms with Gasteiger partial charge in [-0.25, -0.2) is 0 Å². The van der Waals surface area contributed by atoms with Gasteiger partial charge in [0.25, 0.3) is 0 Å². The van der Waals surface area contributed by atoms with Gasteiger partial charge < -0.3 is 9.47 Å². The van der Waals surface area contributed by atoms with Crippen LogP contribution >= 0.6 is 31.9 Å². The van der Waals surface area contributed by atoms with Crippen molar-refractivity contribution in [2.45, 2.75) is 75.0 Å². The Hall–Kier alpha value is -6.34. The van der Waals surface area contributed by atoms with Crippen LogP contribution in [0, 0.1) is 0 Å². The third kappa shape index (κ3) is 10.4. The molecular formula is C64H58Br2O4. The zero-order chi connectivity index (χ0) is 48.2. The lowest BCUT2D eigenvalue weighted by atomic mass is 9.69. The smallest absolute Gasteiger partial charge is 0.150 e. The Morgan fingerprint density at radius 3 is 1.11 bits per heavy atom. The van der Waals surface area contributed by atoms with Gasteiger partial charge in [-0.05, 0) is 154 Å². The molecule has 0 aliphatic heterocycles. The van der Waals surface area contributed by atoms with E-state index in [1.54, 1.807) is 24.3 Å². The van der Waals surface area contributed by atoms with Crippen LogP contribution in [0.1, 0.15) is 118 Å². The fourth-order valence-corrected chi connectivity index (χ4v) is 11.7. The molecule has 4 nitrogen and oxygen atoms in total. The molecule has 0 radical (unpaired) electrons. The quantitative estimate of drug-likeness (QED) is 0.0564. The molecule has 6 heteroatoms. The molecule has 2 unspecified atom stereocenters. The average Bonchev–Trinajstić information content (AvgIpc) is 3.85. The van der Waals surface area contributed by atoms with E-state index in [1.807, 2.05) is 24.3 Å². The van der Waals surface area contributed by atoms with Gasteiger partial charge in [-0.3, -0.25) is 9.59 Å². The Balaban J connectivity index is 0.000000174. The molecule has 352 valence electrons. The van der Waals surface area contributed by atoms with Gasteiger partial charge in [-0.2, -0.15) is 0 Å². The largest absolute Gasteiger partial charge is 0.494 e. The van der Waals surface area contributed by atoms with Crippen molar-refractivity contribution in [2.75, 3.05) is 13.2 Å². The van der Waals surface area contributed by atoms with E-state index in [4.69, 9.17) is 9.47 Å². The van der Waals surface area contributed by atoms with Gasteiger partial charge in [0, 0.05) is 30.9 Å². The standard InChI is InChI=1S/2C32H29BrO2/c2*33-26-16-19-29-28-12-6-7-13-30(28)32(31(29)22-26,25-10-4-3-5-11-25)20-8-1-2-9-21-35-27-17-14-24(23-34)15-18-27/h2*3-7,10-19,22-23H,1-2,8-9,20-21H2. The molecule has 0 heterocycles. The Bertz CT molecular complexity index is 2800. The Kier molecular flexibility index (Phi) is 16.0. The maximum absolute atomic E-state index is 10.8. The number of hydrogen-bond donors (Lipinski definition) is 0. The molecule has 8 aromatic rings. The molecule has 0 spiro atoms. The molecular weight excluding hydrogens is 993 g/mol. The van der Waals surface area contributed by atoms with Crippen molar-refractivity contribution in [3.8, 4) is 33.8 Å². The first kappa shape index (κ1) is 48.7. The van der Waals surface area contributed by atoms with Gasteiger partial charge in [0.2, 0.25) is 0 Å². The van der Waals surface area contributed by atoms with Crippen molar-refractivity contribution in [2.24, 2.45) is 0 Å². The van der Waals surface area contributed by atoms with E-state index >= 15 is 0 Å². The monoisotopic (exact) mass is 1050 g/mol. The number of aldehydes is 2. The molecule has 70 heavy (non-hydrogen) atoms. The first-order valence-electron chi connectivity index (χ1n) is 24.7.